The Labute approximate surface area is 165 Å². The van der Waals surface area contributed by atoms with Crippen LogP contribution in [0.3, 0.4) is 0 Å². The molecule has 0 amide bonds. The monoisotopic (exact) mass is 406 g/mol. The summed E-state index contributed by atoms with van der Waals surface area (Å²) < 4.78 is 5.70. The van der Waals surface area contributed by atoms with Crippen LogP contribution < -0.4 is 5.32 Å². The lowest BCUT2D eigenvalue weighted by Gasteiger charge is -2.36. The van der Waals surface area contributed by atoms with E-state index in [0.717, 1.165) is 6.34 Å². The first kappa shape index (κ1) is 19.7. The quantitative estimate of drug-likeness (QED) is 0.341. The molecule has 1 saturated carbocycles. The van der Waals surface area contributed by atoms with E-state index >= 15 is 0 Å². The van der Waals surface area contributed by atoms with E-state index < -0.39 is 53.2 Å². The molecule has 3 aliphatic heterocycles. The molecule has 0 aromatic heterocycles. The first-order valence-electron chi connectivity index (χ1n) is 9.16. The minimum atomic E-state index is -2.03. The Morgan fingerprint density at radius 3 is 2.59 bits per heavy atom. The number of ether oxygens (including phenoxy) is 1. The maximum absolute atomic E-state index is 12.3. The third-order valence-electron chi connectivity index (χ3n) is 6.51. The summed E-state index contributed by atoms with van der Waals surface area (Å²) in [6.45, 7) is 4.76. The van der Waals surface area contributed by atoms with Crippen molar-refractivity contribution in [2.24, 2.45) is 20.4 Å². The highest BCUT2D eigenvalue weighted by molar-refractivity contribution is 6.33. The average Bonchev–Trinajstić information content (AvgIpc) is 3.02. The van der Waals surface area contributed by atoms with Crippen molar-refractivity contribution in [1.82, 2.24) is 10.2 Å². The number of aliphatic carboxylic acids is 1. The molecule has 0 spiro atoms. The van der Waals surface area contributed by atoms with Crippen LogP contribution in [0.5, 0.6) is 0 Å². The molecule has 0 bridgehead atoms. The number of aliphatic hydroxyl groups is 3. The van der Waals surface area contributed by atoms with Gasteiger partial charge in [0.05, 0.1) is 12.9 Å². The number of aliphatic hydroxyl groups excluding tert-OH is 1. The van der Waals surface area contributed by atoms with Gasteiger partial charge in [0.25, 0.3) is 5.54 Å². The number of aliphatic imine (C=N–C) groups is 3. The average molecular weight is 406 g/mol. The molecule has 1 aliphatic carbocycles. The van der Waals surface area contributed by atoms with Crippen molar-refractivity contribution < 1.29 is 30.0 Å². The van der Waals surface area contributed by atoms with Crippen LogP contribution in [0.1, 0.15) is 20.8 Å². The third-order valence-corrected chi connectivity index (χ3v) is 6.51. The summed E-state index contributed by atoms with van der Waals surface area (Å²) in [6.07, 6.45) is -2.44. The van der Waals surface area contributed by atoms with Crippen molar-refractivity contribution in [1.29, 1.82) is 5.26 Å². The van der Waals surface area contributed by atoms with Crippen molar-refractivity contribution in [3.05, 3.63) is 0 Å². The third kappa shape index (κ3) is 1.91. The molecule has 12 heteroatoms. The number of hydrogen-bond donors (Lipinski definition) is 5. The number of nitrogens with one attached hydrogen (secondary N) is 1. The summed E-state index contributed by atoms with van der Waals surface area (Å²) in [5.74, 6) is -1.60. The summed E-state index contributed by atoms with van der Waals surface area (Å²) >= 11 is 0. The predicted molar refractivity (Wildman–Crippen MR) is 98.1 cm³/mol. The zero-order chi connectivity index (χ0) is 21.4. The van der Waals surface area contributed by atoms with Crippen LogP contribution >= 0.6 is 0 Å². The highest BCUT2D eigenvalue weighted by atomic mass is 16.6. The van der Waals surface area contributed by atoms with Gasteiger partial charge in [0.1, 0.15) is 29.2 Å². The number of nitriles is 1. The van der Waals surface area contributed by atoms with Gasteiger partial charge in [-0.3, -0.25) is 4.90 Å². The van der Waals surface area contributed by atoms with Crippen LogP contribution in [0.25, 0.3) is 0 Å². The zero-order valence-corrected chi connectivity index (χ0v) is 16.1. The van der Waals surface area contributed by atoms with Crippen molar-refractivity contribution in [3.63, 3.8) is 0 Å². The van der Waals surface area contributed by atoms with E-state index in [9.17, 15) is 30.5 Å². The lowest BCUT2D eigenvalue weighted by atomic mass is 9.94. The van der Waals surface area contributed by atoms with E-state index in [2.05, 4.69) is 20.3 Å². The fourth-order valence-corrected chi connectivity index (χ4v) is 4.79. The van der Waals surface area contributed by atoms with E-state index in [1.54, 1.807) is 20.8 Å². The molecule has 2 unspecified atom stereocenters. The standard InChI is InChI=1S/C17H22N6O6/c1-4-19-10-15(13(25)26)11(22-9(5-18)21-10)23(7-20-15)12-17(28)14(2,3)16(17,27)8(6-24)29-12/h7-9,12,24,27-28H,4,6H2,1-3H3,(H,19,21)(H,25,26)/t8-,9?,12-,15?,16-,17+/m1/s1. The van der Waals surface area contributed by atoms with E-state index in [-0.39, 0.29) is 11.7 Å². The SMILES string of the molecule is CCNC1=NC(C#N)N=C2N([C@@H]3O[C@H](CO)[C@@]4(O)C(C)(C)[C@@]34O)C=NC12C(=O)O. The number of hydrogen-bond acceptors (Lipinski definition) is 11. The molecule has 3 heterocycles. The lowest BCUT2D eigenvalue weighted by Crippen LogP contribution is -2.62. The molecule has 0 radical (unpaired) electrons. The Morgan fingerprint density at radius 2 is 2.07 bits per heavy atom. The fourth-order valence-electron chi connectivity index (χ4n) is 4.79. The maximum Gasteiger partial charge on any atom is 0.347 e. The second-order valence-electron chi connectivity index (χ2n) is 7.95. The van der Waals surface area contributed by atoms with Gasteiger partial charge < -0.3 is 30.5 Å². The summed E-state index contributed by atoms with van der Waals surface area (Å²) in [7, 11) is 0. The van der Waals surface area contributed by atoms with E-state index in [0.29, 0.717) is 6.54 Å². The van der Waals surface area contributed by atoms with Gasteiger partial charge in [-0.2, -0.15) is 5.26 Å². The van der Waals surface area contributed by atoms with Gasteiger partial charge in [-0.25, -0.2) is 19.8 Å². The highest BCUT2D eigenvalue weighted by Gasteiger charge is 2.93. The molecule has 0 aromatic rings. The fraction of sp³-hybridized carbons (Fsp3) is 0.706. The number of carboxylic acid groups (broad SMARTS) is 1. The number of amidine groups is 2. The molecular formula is C17H22N6O6. The van der Waals surface area contributed by atoms with Crippen LogP contribution in [-0.4, -0.2) is 97.7 Å². The highest BCUT2D eigenvalue weighted by Crippen LogP contribution is 2.73. The lowest BCUT2D eigenvalue weighted by molar-refractivity contribution is -0.139. The minimum Gasteiger partial charge on any atom is -0.479 e. The van der Waals surface area contributed by atoms with Crippen molar-refractivity contribution in [3.8, 4) is 6.07 Å². The minimum absolute atomic E-state index is 0.0585. The van der Waals surface area contributed by atoms with Crippen LogP contribution in [0.15, 0.2) is 15.0 Å². The Balaban J connectivity index is 1.81. The van der Waals surface area contributed by atoms with E-state index in [4.69, 9.17) is 4.74 Å². The van der Waals surface area contributed by atoms with Gasteiger partial charge in [-0.1, -0.05) is 13.8 Å². The Hall–Kier alpha value is -2.59. The van der Waals surface area contributed by atoms with E-state index in [1.165, 1.54) is 4.90 Å². The molecule has 4 aliphatic rings. The van der Waals surface area contributed by atoms with Gasteiger partial charge in [0.2, 0.25) is 6.17 Å². The normalized spacial score (nSPS) is 43.8. The molecular weight excluding hydrogens is 384 g/mol. The molecule has 12 nitrogen and oxygen atoms in total. The number of nitrogens with zero attached hydrogens (tertiary/aromatic N) is 5. The predicted octanol–water partition coefficient (Wildman–Crippen LogP) is -2.36. The topological polar surface area (TPSA) is 183 Å². The molecule has 0 aromatic carbocycles. The van der Waals surface area contributed by atoms with Crippen LogP contribution in [0, 0.1) is 16.7 Å². The Kier molecular flexibility index (Phi) is 3.89. The maximum atomic E-state index is 12.3. The molecule has 6 atom stereocenters. The Morgan fingerprint density at radius 1 is 1.38 bits per heavy atom. The molecule has 29 heavy (non-hydrogen) atoms. The summed E-state index contributed by atoms with van der Waals surface area (Å²) in [5, 5.41) is 54.1. The van der Waals surface area contributed by atoms with Crippen molar-refractivity contribution in [2.45, 2.75) is 56.0 Å². The van der Waals surface area contributed by atoms with Crippen molar-refractivity contribution >= 4 is 24.0 Å². The van der Waals surface area contributed by atoms with Crippen LogP contribution in [-0.2, 0) is 9.53 Å². The van der Waals surface area contributed by atoms with E-state index in [1.807, 2.05) is 6.07 Å². The first-order valence-corrected chi connectivity index (χ1v) is 9.16. The molecule has 4 rings (SSSR count). The second kappa shape index (κ2) is 5.73. The van der Waals surface area contributed by atoms with Gasteiger partial charge in [0, 0.05) is 12.0 Å². The van der Waals surface area contributed by atoms with Gasteiger partial charge >= 0.3 is 5.97 Å². The molecule has 156 valence electrons. The van der Waals surface area contributed by atoms with Crippen molar-refractivity contribution in [2.75, 3.05) is 13.2 Å². The van der Waals surface area contributed by atoms with Gasteiger partial charge in [-0.05, 0) is 6.92 Å². The molecule has 2 fully saturated rings. The smallest absolute Gasteiger partial charge is 0.347 e. The number of fused-ring (bicyclic) bond motifs is 2. The molecule has 1 saturated heterocycles. The summed E-state index contributed by atoms with van der Waals surface area (Å²) in [6, 6.07) is 1.86. The Bertz CT molecular complexity index is 911. The number of likely N-dealkylation sites (N-methyl/N-ethyl adjacent to an activating group) is 1. The molecule has 5 N–H and O–H groups in total. The van der Waals surface area contributed by atoms with Crippen LogP contribution in [0.2, 0.25) is 0 Å². The zero-order valence-electron chi connectivity index (χ0n) is 16.1. The van der Waals surface area contributed by atoms with Crippen LogP contribution in [0.4, 0.5) is 0 Å². The van der Waals surface area contributed by atoms with Gasteiger partial charge in [-0.15, -0.1) is 0 Å². The summed E-state index contributed by atoms with van der Waals surface area (Å²) in [4.78, 5) is 25.8. The first-order chi connectivity index (χ1) is 13.6. The number of carboxylic acids is 1. The van der Waals surface area contributed by atoms with Gasteiger partial charge in [0.15, 0.2) is 12.1 Å². The number of carbonyl (C=O) groups is 1. The number of rotatable bonds is 4. The summed E-state index contributed by atoms with van der Waals surface area (Å²) in [5.41, 5.74) is -6.66. The second-order valence-corrected chi connectivity index (χ2v) is 7.95. The largest absolute Gasteiger partial charge is 0.479 e.